The third kappa shape index (κ3) is 3.61. The van der Waals surface area contributed by atoms with Gasteiger partial charge in [-0.3, -0.25) is 4.79 Å². The molecule has 0 saturated heterocycles. The molecule has 3 heteroatoms. The van der Waals surface area contributed by atoms with Gasteiger partial charge in [0, 0.05) is 12.6 Å². The van der Waals surface area contributed by atoms with Gasteiger partial charge in [-0.1, -0.05) is 6.92 Å². The van der Waals surface area contributed by atoms with E-state index in [1.807, 2.05) is 6.92 Å². The van der Waals surface area contributed by atoms with Crippen LogP contribution in [0.3, 0.4) is 0 Å². The minimum absolute atomic E-state index is 0.111. The van der Waals surface area contributed by atoms with Crippen molar-refractivity contribution >= 4 is 6.41 Å². The predicted octanol–water partition coefficient (Wildman–Crippen LogP) is -0.530. The fourth-order valence-electron chi connectivity index (χ4n) is 0.344. The van der Waals surface area contributed by atoms with Crippen molar-refractivity contribution in [3.63, 3.8) is 0 Å². The average molecular weight is 116 g/mol. The standard InChI is InChI=1S/C5H12N2O/c1-2-5(6)3-7-4-8/h4-5H,2-3,6H2,1H3,(H,7,8). The number of carbonyl (C=O) groups is 1. The van der Waals surface area contributed by atoms with Crippen LogP contribution in [0.1, 0.15) is 13.3 Å². The summed E-state index contributed by atoms with van der Waals surface area (Å²) in [5.41, 5.74) is 5.44. The smallest absolute Gasteiger partial charge is 0.207 e. The van der Waals surface area contributed by atoms with Crippen LogP contribution in [0.15, 0.2) is 0 Å². The Morgan fingerprint density at radius 1 is 1.88 bits per heavy atom. The monoisotopic (exact) mass is 116 g/mol. The molecule has 0 aliphatic carbocycles. The number of rotatable bonds is 4. The Balaban J connectivity index is 2.97. The molecule has 8 heavy (non-hydrogen) atoms. The number of hydrogen-bond donors (Lipinski definition) is 2. The maximum Gasteiger partial charge on any atom is 0.207 e. The van der Waals surface area contributed by atoms with Crippen LogP contribution >= 0.6 is 0 Å². The summed E-state index contributed by atoms with van der Waals surface area (Å²) in [6, 6.07) is 0.111. The highest BCUT2D eigenvalue weighted by Crippen LogP contribution is 1.79. The van der Waals surface area contributed by atoms with Gasteiger partial charge in [0.2, 0.25) is 6.41 Å². The van der Waals surface area contributed by atoms with Gasteiger partial charge in [0.25, 0.3) is 0 Å². The molecule has 1 unspecified atom stereocenters. The van der Waals surface area contributed by atoms with Gasteiger partial charge in [-0.2, -0.15) is 0 Å². The zero-order valence-corrected chi connectivity index (χ0v) is 5.05. The van der Waals surface area contributed by atoms with Gasteiger partial charge >= 0.3 is 0 Å². The van der Waals surface area contributed by atoms with Gasteiger partial charge in [0.1, 0.15) is 0 Å². The Labute approximate surface area is 49.3 Å². The third-order valence-electron chi connectivity index (χ3n) is 0.988. The van der Waals surface area contributed by atoms with Gasteiger partial charge in [0.15, 0.2) is 0 Å². The van der Waals surface area contributed by atoms with Crippen LogP contribution in [0.25, 0.3) is 0 Å². The van der Waals surface area contributed by atoms with Crippen LogP contribution in [0.4, 0.5) is 0 Å². The lowest BCUT2D eigenvalue weighted by molar-refractivity contribution is -0.109. The van der Waals surface area contributed by atoms with Crippen molar-refractivity contribution in [2.45, 2.75) is 19.4 Å². The molecule has 0 aliphatic rings. The van der Waals surface area contributed by atoms with Crippen LogP contribution in [-0.4, -0.2) is 19.0 Å². The van der Waals surface area contributed by atoms with Crippen LogP contribution in [0, 0.1) is 0 Å². The zero-order chi connectivity index (χ0) is 6.41. The first-order valence-corrected chi connectivity index (χ1v) is 2.73. The van der Waals surface area contributed by atoms with E-state index >= 15 is 0 Å². The molecule has 0 fully saturated rings. The average Bonchev–Trinajstić information content (AvgIpc) is 1.83. The summed E-state index contributed by atoms with van der Waals surface area (Å²) in [5, 5.41) is 2.49. The number of hydrogen-bond acceptors (Lipinski definition) is 2. The number of amides is 1. The molecule has 0 spiro atoms. The molecule has 3 N–H and O–H groups in total. The molecule has 48 valence electrons. The molecule has 1 atom stereocenters. The van der Waals surface area contributed by atoms with E-state index in [0.29, 0.717) is 13.0 Å². The van der Waals surface area contributed by atoms with Crippen LogP contribution in [0.2, 0.25) is 0 Å². The lowest BCUT2D eigenvalue weighted by Gasteiger charge is -2.04. The Kier molecular flexibility index (Phi) is 4.26. The molecule has 0 bridgehead atoms. The van der Waals surface area contributed by atoms with E-state index < -0.39 is 0 Å². The molecule has 1 amide bonds. The highest BCUT2D eigenvalue weighted by molar-refractivity contribution is 5.45. The topological polar surface area (TPSA) is 55.1 Å². The van der Waals surface area contributed by atoms with Crippen molar-refractivity contribution in [2.75, 3.05) is 6.54 Å². The van der Waals surface area contributed by atoms with Crippen LogP contribution < -0.4 is 11.1 Å². The zero-order valence-electron chi connectivity index (χ0n) is 5.05. The number of nitrogens with one attached hydrogen (secondary N) is 1. The summed E-state index contributed by atoms with van der Waals surface area (Å²) in [6.45, 7) is 2.57. The van der Waals surface area contributed by atoms with Gasteiger partial charge in [-0.15, -0.1) is 0 Å². The second-order valence-corrected chi connectivity index (χ2v) is 1.69. The Hall–Kier alpha value is -0.570. The van der Waals surface area contributed by atoms with E-state index in [0.717, 1.165) is 6.42 Å². The van der Waals surface area contributed by atoms with E-state index in [2.05, 4.69) is 5.32 Å². The van der Waals surface area contributed by atoms with Crippen molar-refractivity contribution in [1.82, 2.24) is 5.32 Å². The number of nitrogens with two attached hydrogens (primary N) is 1. The number of carbonyl (C=O) groups excluding carboxylic acids is 1. The summed E-state index contributed by atoms with van der Waals surface area (Å²) in [7, 11) is 0. The fraction of sp³-hybridized carbons (Fsp3) is 0.800. The van der Waals surface area contributed by atoms with E-state index in [9.17, 15) is 4.79 Å². The molecule has 0 heterocycles. The Morgan fingerprint density at radius 2 is 2.50 bits per heavy atom. The normalized spacial score (nSPS) is 12.8. The highest BCUT2D eigenvalue weighted by atomic mass is 16.1. The minimum Gasteiger partial charge on any atom is -0.357 e. The molecule has 3 nitrogen and oxygen atoms in total. The maximum atomic E-state index is 9.66. The lowest BCUT2D eigenvalue weighted by Crippen LogP contribution is -2.32. The van der Waals surface area contributed by atoms with Crippen molar-refractivity contribution in [3.05, 3.63) is 0 Å². The molecule has 0 aromatic heterocycles. The highest BCUT2D eigenvalue weighted by Gasteiger charge is 1.93. The van der Waals surface area contributed by atoms with Crippen molar-refractivity contribution in [3.8, 4) is 0 Å². The van der Waals surface area contributed by atoms with Crippen molar-refractivity contribution in [2.24, 2.45) is 5.73 Å². The summed E-state index contributed by atoms with van der Waals surface area (Å²) in [6.07, 6.45) is 1.57. The predicted molar refractivity (Wildman–Crippen MR) is 32.3 cm³/mol. The SMILES string of the molecule is CCC(N)CNC=O. The molecule has 0 rings (SSSR count). The van der Waals surface area contributed by atoms with Crippen LogP contribution in [0.5, 0.6) is 0 Å². The largest absolute Gasteiger partial charge is 0.357 e. The first-order chi connectivity index (χ1) is 3.81. The second-order valence-electron chi connectivity index (χ2n) is 1.69. The van der Waals surface area contributed by atoms with Gasteiger partial charge in [-0.05, 0) is 6.42 Å². The molecule has 0 aliphatic heterocycles. The van der Waals surface area contributed by atoms with E-state index in [1.54, 1.807) is 0 Å². The van der Waals surface area contributed by atoms with Gasteiger partial charge in [-0.25, -0.2) is 0 Å². The summed E-state index contributed by atoms with van der Waals surface area (Å²) < 4.78 is 0. The molecule has 0 aromatic rings. The van der Waals surface area contributed by atoms with E-state index in [-0.39, 0.29) is 6.04 Å². The maximum absolute atomic E-state index is 9.66. The van der Waals surface area contributed by atoms with Crippen molar-refractivity contribution in [1.29, 1.82) is 0 Å². The lowest BCUT2D eigenvalue weighted by atomic mass is 10.2. The first kappa shape index (κ1) is 7.43. The fourth-order valence-corrected chi connectivity index (χ4v) is 0.344. The van der Waals surface area contributed by atoms with E-state index in [1.165, 1.54) is 0 Å². The molecule has 0 saturated carbocycles. The van der Waals surface area contributed by atoms with Crippen molar-refractivity contribution < 1.29 is 4.79 Å². The summed E-state index contributed by atoms with van der Waals surface area (Å²) in [5.74, 6) is 0. The molecule has 0 radical (unpaired) electrons. The van der Waals surface area contributed by atoms with E-state index in [4.69, 9.17) is 5.73 Å². The molecule has 0 aromatic carbocycles. The first-order valence-electron chi connectivity index (χ1n) is 2.73. The summed E-state index contributed by atoms with van der Waals surface area (Å²) >= 11 is 0. The van der Waals surface area contributed by atoms with Gasteiger partial charge < -0.3 is 11.1 Å². The van der Waals surface area contributed by atoms with Crippen LogP contribution in [-0.2, 0) is 4.79 Å². The quantitative estimate of drug-likeness (QED) is 0.485. The molecular weight excluding hydrogens is 104 g/mol. The Bertz CT molecular complexity index is 65.4. The Morgan fingerprint density at radius 3 is 2.88 bits per heavy atom. The third-order valence-corrected chi connectivity index (χ3v) is 0.988. The molecular formula is C5H12N2O. The second kappa shape index (κ2) is 4.59. The minimum atomic E-state index is 0.111. The summed E-state index contributed by atoms with van der Waals surface area (Å²) in [4.78, 5) is 9.66. The van der Waals surface area contributed by atoms with Gasteiger partial charge in [0.05, 0.1) is 0 Å².